The first-order valence-electron chi connectivity index (χ1n) is 5.18. The lowest BCUT2D eigenvalue weighted by Gasteiger charge is -2.25. The van der Waals surface area contributed by atoms with Crippen molar-refractivity contribution in [2.75, 3.05) is 13.6 Å². The van der Waals surface area contributed by atoms with E-state index < -0.39 is 21.4 Å². The van der Waals surface area contributed by atoms with Crippen LogP contribution in [0, 0.1) is 5.82 Å². The molecule has 1 rings (SSSR count). The van der Waals surface area contributed by atoms with Crippen LogP contribution in [0.5, 0.6) is 0 Å². The molecule has 4 nitrogen and oxygen atoms in total. The molecule has 0 amide bonds. The van der Waals surface area contributed by atoms with Gasteiger partial charge in [0.05, 0.1) is 10.6 Å². The number of nitrogens with zero attached hydrogens (tertiary/aromatic N) is 1. The Morgan fingerprint density at radius 2 is 2.00 bits per heavy atom. The van der Waals surface area contributed by atoms with Crippen molar-refractivity contribution in [2.45, 2.75) is 24.3 Å². The molecule has 0 aliphatic rings. The average Bonchev–Trinajstić information content (AvgIpc) is 2.13. The summed E-state index contributed by atoms with van der Waals surface area (Å²) in [6.07, 6.45) is 0. The van der Waals surface area contributed by atoms with Crippen LogP contribution in [0.4, 0.5) is 4.39 Å². The molecule has 1 aromatic carbocycles. The number of hydrogen-bond acceptors (Lipinski definition) is 3. The van der Waals surface area contributed by atoms with E-state index in [1.165, 1.54) is 20.9 Å². The van der Waals surface area contributed by atoms with Crippen molar-refractivity contribution >= 4 is 21.6 Å². The highest BCUT2D eigenvalue weighted by Gasteiger charge is 2.28. The molecule has 0 spiro atoms. The van der Waals surface area contributed by atoms with Gasteiger partial charge in [-0.2, -0.15) is 4.31 Å². The third kappa shape index (κ3) is 3.65. The Hall–Kier alpha value is -0.690. The maximum Gasteiger partial charge on any atom is 0.244 e. The standard InChI is InChI=1S/C11H15ClFNO3S/c1-11(2,15)7-14(3)18(16,17)10-5-4-8(13)6-9(10)12/h4-6,15H,7H2,1-3H3. The highest BCUT2D eigenvalue weighted by molar-refractivity contribution is 7.89. The lowest BCUT2D eigenvalue weighted by atomic mass is 10.1. The van der Waals surface area contributed by atoms with Crippen LogP contribution < -0.4 is 0 Å². The Balaban J connectivity index is 3.14. The third-order valence-electron chi connectivity index (χ3n) is 2.19. The Kier molecular flexibility index (Phi) is 4.38. The van der Waals surface area contributed by atoms with Gasteiger partial charge in [0, 0.05) is 13.6 Å². The molecule has 0 unspecified atom stereocenters. The fraction of sp³-hybridized carbons (Fsp3) is 0.455. The Bertz CT molecular complexity index is 540. The maximum atomic E-state index is 12.9. The van der Waals surface area contributed by atoms with Crippen LogP contribution in [0.3, 0.4) is 0 Å². The SMILES string of the molecule is CN(CC(C)(C)O)S(=O)(=O)c1ccc(F)cc1Cl. The largest absolute Gasteiger partial charge is 0.389 e. The Labute approximate surface area is 111 Å². The van der Waals surface area contributed by atoms with Crippen molar-refractivity contribution in [3.8, 4) is 0 Å². The summed E-state index contributed by atoms with van der Waals surface area (Å²) in [4.78, 5) is -0.183. The quantitative estimate of drug-likeness (QED) is 0.922. The normalized spacial score (nSPS) is 13.1. The molecule has 0 saturated heterocycles. The van der Waals surface area contributed by atoms with E-state index in [2.05, 4.69) is 0 Å². The van der Waals surface area contributed by atoms with Gasteiger partial charge < -0.3 is 5.11 Å². The van der Waals surface area contributed by atoms with E-state index in [4.69, 9.17) is 11.6 Å². The third-order valence-corrected chi connectivity index (χ3v) is 4.48. The number of aliphatic hydroxyl groups is 1. The predicted octanol–water partition coefficient (Wildman–Crippen LogP) is 1.87. The van der Waals surface area contributed by atoms with Crippen LogP contribution in [0.1, 0.15) is 13.8 Å². The highest BCUT2D eigenvalue weighted by Crippen LogP contribution is 2.25. The second kappa shape index (κ2) is 5.13. The molecular weight excluding hydrogens is 281 g/mol. The van der Waals surface area contributed by atoms with E-state index in [-0.39, 0.29) is 16.5 Å². The zero-order valence-electron chi connectivity index (χ0n) is 10.3. The molecule has 0 aliphatic carbocycles. The summed E-state index contributed by atoms with van der Waals surface area (Å²) in [7, 11) is -2.52. The van der Waals surface area contributed by atoms with E-state index in [1.807, 2.05) is 0 Å². The van der Waals surface area contributed by atoms with Crippen LogP contribution in [-0.2, 0) is 10.0 Å². The summed E-state index contributed by atoms with van der Waals surface area (Å²) in [5, 5.41) is 9.43. The van der Waals surface area contributed by atoms with Gasteiger partial charge in [-0.15, -0.1) is 0 Å². The molecule has 0 radical (unpaired) electrons. The van der Waals surface area contributed by atoms with Gasteiger partial charge in [0.2, 0.25) is 10.0 Å². The van der Waals surface area contributed by atoms with Gasteiger partial charge in [-0.25, -0.2) is 12.8 Å². The summed E-state index contributed by atoms with van der Waals surface area (Å²) in [6.45, 7) is 2.89. The zero-order chi connectivity index (χ0) is 14.1. The molecule has 1 aromatic rings. The molecule has 0 bridgehead atoms. The van der Waals surface area contributed by atoms with Gasteiger partial charge in [0.15, 0.2) is 0 Å². The topological polar surface area (TPSA) is 57.6 Å². The van der Waals surface area contributed by atoms with Gasteiger partial charge in [-0.1, -0.05) is 11.6 Å². The monoisotopic (exact) mass is 295 g/mol. The summed E-state index contributed by atoms with van der Waals surface area (Å²) < 4.78 is 38.2. The van der Waals surface area contributed by atoms with Crippen LogP contribution >= 0.6 is 11.6 Å². The van der Waals surface area contributed by atoms with Crippen LogP contribution in [0.2, 0.25) is 5.02 Å². The van der Waals surface area contributed by atoms with Crippen molar-refractivity contribution in [1.29, 1.82) is 0 Å². The maximum absolute atomic E-state index is 12.9. The van der Waals surface area contributed by atoms with Gasteiger partial charge in [-0.3, -0.25) is 0 Å². The van der Waals surface area contributed by atoms with E-state index >= 15 is 0 Å². The van der Waals surface area contributed by atoms with Gasteiger partial charge >= 0.3 is 0 Å². The van der Waals surface area contributed by atoms with Crippen molar-refractivity contribution in [3.63, 3.8) is 0 Å². The molecule has 7 heteroatoms. The number of halogens is 2. The number of rotatable bonds is 4. The summed E-state index contributed by atoms with van der Waals surface area (Å²) >= 11 is 5.72. The lowest BCUT2D eigenvalue weighted by molar-refractivity contribution is 0.0640. The van der Waals surface area contributed by atoms with Gasteiger partial charge in [0.25, 0.3) is 0 Å². The Morgan fingerprint density at radius 1 is 1.44 bits per heavy atom. The highest BCUT2D eigenvalue weighted by atomic mass is 35.5. The zero-order valence-corrected chi connectivity index (χ0v) is 11.9. The summed E-state index contributed by atoms with van der Waals surface area (Å²) in [5.74, 6) is -0.607. The van der Waals surface area contributed by atoms with Crippen molar-refractivity contribution < 1.29 is 17.9 Å². The first-order valence-corrected chi connectivity index (χ1v) is 6.99. The fourth-order valence-electron chi connectivity index (χ4n) is 1.48. The van der Waals surface area contributed by atoms with Crippen LogP contribution in [0.25, 0.3) is 0 Å². The summed E-state index contributed by atoms with van der Waals surface area (Å²) in [6, 6.07) is 3.07. The molecule has 1 N–H and O–H groups in total. The van der Waals surface area contributed by atoms with Crippen molar-refractivity contribution in [3.05, 3.63) is 29.0 Å². The Morgan fingerprint density at radius 3 is 2.44 bits per heavy atom. The number of likely N-dealkylation sites (N-methyl/N-ethyl adjacent to an activating group) is 1. The van der Waals surface area contributed by atoms with Crippen LogP contribution in [-0.4, -0.2) is 37.0 Å². The summed E-state index contributed by atoms with van der Waals surface area (Å²) in [5.41, 5.74) is -1.17. The lowest BCUT2D eigenvalue weighted by Crippen LogP contribution is -2.39. The fourth-order valence-corrected chi connectivity index (χ4v) is 3.31. The number of benzene rings is 1. The second-order valence-electron chi connectivity index (χ2n) is 4.65. The molecule has 0 saturated carbocycles. The van der Waals surface area contributed by atoms with Gasteiger partial charge in [-0.05, 0) is 32.0 Å². The molecular formula is C11H15ClFNO3S. The predicted molar refractivity (Wildman–Crippen MR) is 67.5 cm³/mol. The molecule has 0 heterocycles. The molecule has 0 aromatic heterocycles. The van der Waals surface area contributed by atoms with Gasteiger partial charge in [0.1, 0.15) is 10.7 Å². The average molecular weight is 296 g/mol. The van der Waals surface area contributed by atoms with Crippen molar-refractivity contribution in [1.82, 2.24) is 4.31 Å². The minimum absolute atomic E-state index is 0.0942. The first kappa shape index (κ1) is 15.4. The molecule has 102 valence electrons. The minimum Gasteiger partial charge on any atom is -0.389 e. The number of hydrogen-bond donors (Lipinski definition) is 1. The molecule has 0 fully saturated rings. The molecule has 0 aliphatic heterocycles. The van der Waals surface area contributed by atoms with E-state index in [0.717, 1.165) is 22.5 Å². The minimum atomic E-state index is -3.84. The van der Waals surface area contributed by atoms with E-state index in [9.17, 15) is 17.9 Å². The van der Waals surface area contributed by atoms with Crippen molar-refractivity contribution in [2.24, 2.45) is 0 Å². The smallest absolute Gasteiger partial charge is 0.244 e. The number of sulfonamides is 1. The first-order chi connectivity index (χ1) is 8.04. The second-order valence-corrected chi connectivity index (χ2v) is 7.07. The molecule has 0 atom stereocenters. The van der Waals surface area contributed by atoms with E-state index in [1.54, 1.807) is 0 Å². The molecule has 18 heavy (non-hydrogen) atoms. The van der Waals surface area contributed by atoms with E-state index in [0.29, 0.717) is 0 Å². The van der Waals surface area contributed by atoms with Crippen LogP contribution in [0.15, 0.2) is 23.1 Å².